The molecule has 8 atom stereocenters. The third-order valence-electron chi connectivity index (χ3n) is 9.76. The zero-order valence-corrected chi connectivity index (χ0v) is 21.4. The van der Waals surface area contributed by atoms with Crippen molar-refractivity contribution in [1.29, 1.82) is 5.26 Å². The number of aliphatic hydroxyl groups is 1. The number of halogens is 1. The molecule has 4 aliphatic rings. The summed E-state index contributed by atoms with van der Waals surface area (Å²) in [6, 6.07) is 4.75. The number of ether oxygens (including phenoxy) is 2. The Morgan fingerprint density at radius 2 is 2.16 bits per heavy atom. The van der Waals surface area contributed by atoms with Crippen molar-refractivity contribution in [3.63, 3.8) is 0 Å². The molecule has 0 aromatic carbocycles. The summed E-state index contributed by atoms with van der Waals surface area (Å²) < 4.78 is 26.3. The number of ketones is 2. The zero-order valence-electron chi connectivity index (χ0n) is 21.4. The number of rotatable bonds is 4. The molecule has 1 aromatic heterocycles. The highest BCUT2D eigenvalue weighted by atomic mass is 19.1. The number of nitrogens with zero attached hydrogens (tertiary/aromatic N) is 2. The third-order valence-corrected chi connectivity index (χ3v) is 9.76. The van der Waals surface area contributed by atoms with Gasteiger partial charge in [-0.25, -0.2) is 4.98 Å². The van der Waals surface area contributed by atoms with E-state index in [1.54, 1.807) is 18.2 Å². The lowest BCUT2D eigenvalue weighted by Gasteiger charge is -2.49. The molecule has 196 valence electrons. The van der Waals surface area contributed by atoms with Gasteiger partial charge in [0.05, 0.1) is 25.2 Å². The van der Waals surface area contributed by atoms with Gasteiger partial charge in [-0.15, -0.1) is 0 Å². The number of carbonyl (C=O) groups is 2. The number of Topliss-reactive ketones (excluding diaryl/α,β-unsaturated/α-hetero) is 1. The smallest absolute Gasteiger partial charge is 0.213 e. The molecule has 1 saturated heterocycles. The number of pyridine rings is 1. The second-order valence-electron chi connectivity index (χ2n) is 11.6. The Balaban J connectivity index is 1.54. The lowest BCUT2D eigenvalue weighted by molar-refractivity contribution is -0.178. The fraction of sp³-hybridized carbons (Fsp3) is 0.586. The molecule has 1 aliphatic heterocycles. The van der Waals surface area contributed by atoms with Crippen LogP contribution in [-0.4, -0.2) is 40.0 Å². The van der Waals surface area contributed by atoms with Crippen LogP contribution in [0.4, 0.5) is 4.39 Å². The first-order chi connectivity index (χ1) is 17.5. The summed E-state index contributed by atoms with van der Waals surface area (Å²) in [6.45, 7) is 6.02. The number of aromatic nitrogens is 1. The second kappa shape index (κ2) is 9.23. The van der Waals surface area contributed by atoms with E-state index < -0.39 is 40.6 Å². The highest BCUT2D eigenvalue weighted by Crippen LogP contribution is 2.61. The van der Waals surface area contributed by atoms with Crippen LogP contribution in [0, 0.1) is 45.9 Å². The maximum Gasteiger partial charge on any atom is 0.213 e. The maximum atomic E-state index is 13.9. The number of nitriles is 1. The summed E-state index contributed by atoms with van der Waals surface area (Å²) in [5.74, 6) is -1.11. The minimum Gasteiger partial charge on any atom is -0.393 e. The number of aliphatic hydroxyl groups excluding tert-OH is 1. The van der Waals surface area contributed by atoms with E-state index in [1.165, 1.54) is 12.3 Å². The van der Waals surface area contributed by atoms with Gasteiger partial charge in [-0.3, -0.25) is 9.59 Å². The molecule has 0 bridgehead atoms. The number of hydrogen-bond donors (Lipinski definition) is 1. The summed E-state index contributed by atoms with van der Waals surface area (Å²) >= 11 is 0. The van der Waals surface area contributed by atoms with Crippen LogP contribution in [-0.2, 0) is 19.1 Å². The fourth-order valence-electron chi connectivity index (χ4n) is 7.58. The quantitative estimate of drug-likeness (QED) is 0.601. The molecular formula is C29H33FN2O5. The minimum atomic E-state index is -1.49. The molecule has 8 heteroatoms. The van der Waals surface area contributed by atoms with Crippen LogP contribution in [0.25, 0.3) is 0 Å². The largest absolute Gasteiger partial charge is 0.393 e. The molecule has 7 nitrogen and oxygen atoms in total. The van der Waals surface area contributed by atoms with Crippen LogP contribution in [0.1, 0.15) is 64.7 Å². The van der Waals surface area contributed by atoms with E-state index in [4.69, 9.17) is 9.47 Å². The Kier molecular flexibility index (Phi) is 6.46. The lowest BCUT2D eigenvalue weighted by atomic mass is 9.56. The molecule has 1 N–H and O–H groups in total. The first-order valence-electron chi connectivity index (χ1n) is 13.0. The van der Waals surface area contributed by atoms with Crippen LogP contribution in [0.5, 0.6) is 0 Å². The van der Waals surface area contributed by atoms with Gasteiger partial charge in [0.25, 0.3) is 0 Å². The maximum absolute atomic E-state index is 13.9. The van der Waals surface area contributed by atoms with E-state index in [0.29, 0.717) is 5.56 Å². The van der Waals surface area contributed by atoms with Crippen LogP contribution in [0.15, 0.2) is 42.1 Å². The average molecular weight is 509 g/mol. The summed E-state index contributed by atoms with van der Waals surface area (Å²) in [7, 11) is 0. The lowest BCUT2D eigenvalue weighted by Crippen LogP contribution is -2.58. The first-order valence-corrected chi connectivity index (χ1v) is 13.0. The van der Waals surface area contributed by atoms with Crippen molar-refractivity contribution in [2.45, 2.75) is 70.9 Å². The Hall–Kier alpha value is -2.73. The Morgan fingerprint density at radius 3 is 2.89 bits per heavy atom. The number of carbonyl (C=O) groups excluding carboxylic acids is 2. The third kappa shape index (κ3) is 3.99. The van der Waals surface area contributed by atoms with E-state index in [0.717, 1.165) is 24.8 Å². The van der Waals surface area contributed by atoms with Gasteiger partial charge in [0.15, 0.2) is 23.5 Å². The van der Waals surface area contributed by atoms with E-state index in [1.807, 2.05) is 19.1 Å². The summed E-state index contributed by atoms with van der Waals surface area (Å²) in [4.78, 5) is 29.4. The Morgan fingerprint density at radius 1 is 1.38 bits per heavy atom. The van der Waals surface area contributed by atoms with Gasteiger partial charge in [-0.1, -0.05) is 32.4 Å². The molecule has 2 saturated carbocycles. The molecule has 2 heterocycles. The van der Waals surface area contributed by atoms with Crippen LogP contribution < -0.4 is 0 Å². The second-order valence-corrected chi connectivity index (χ2v) is 11.6. The van der Waals surface area contributed by atoms with Crippen molar-refractivity contribution in [2.24, 2.45) is 28.6 Å². The van der Waals surface area contributed by atoms with Crippen molar-refractivity contribution in [2.75, 3.05) is 6.61 Å². The van der Waals surface area contributed by atoms with Gasteiger partial charge in [0, 0.05) is 34.6 Å². The predicted molar refractivity (Wildman–Crippen MR) is 131 cm³/mol. The molecule has 5 rings (SSSR count). The van der Waals surface area contributed by atoms with Gasteiger partial charge in [0.2, 0.25) is 5.95 Å². The average Bonchev–Trinajstić information content (AvgIpc) is 3.28. The molecule has 0 amide bonds. The summed E-state index contributed by atoms with van der Waals surface area (Å²) in [5, 5.41) is 21.3. The van der Waals surface area contributed by atoms with Gasteiger partial charge < -0.3 is 14.6 Å². The monoisotopic (exact) mass is 508 g/mol. The van der Waals surface area contributed by atoms with Crippen molar-refractivity contribution in [1.82, 2.24) is 4.98 Å². The van der Waals surface area contributed by atoms with Gasteiger partial charge in [0.1, 0.15) is 0 Å². The van der Waals surface area contributed by atoms with E-state index in [2.05, 4.69) is 18.8 Å². The predicted octanol–water partition coefficient (Wildman–Crippen LogP) is 4.38. The molecule has 0 spiro atoms. The van der Waals surface area contributed by atoms with Crippen molar-refractivity contribution in [3.05, 3.63) is 53.6 Å². The number of allylic oxidation sites excluding steroid dienone is 4. The van der Waals surface area contributed by atoms with E-state index in [9.17, 15) is 24.3 Å². The zero-order chi connectivity index (χ0) is 26.6. The first kappa shape index (κ1) is 25.9. The highest BCUT2D eigenvalue weighted by molar-refractivity contribution is 6.01. The van der Waals surface area contributed by atoms with Crippen molar-refractivity contribution >= 4 is 11.6 Å². The molecule has 4 unspecified atom stereocenters. The number of fused-ring (bicyclic) bond motifs is 3. The van der Waals surface area contributed by atoms with Gasteiger partial charge >= 0.3 is 0 Å². The van der Waals surface area contributed by atoms with E-state index >= 15 is 0 Å². The highest BCUT2D eigenvalue weighted by Gasteiger charge is 2.64. The molecular weight excluding hydrogens is 475 g/mol. The standard InChI is InChI=1S/C29H33FN2O5/c1-17-12-18-4-5-20-14-21(33)6-9-27(20,2)25(18)22(34)15-28(17,3)29(23(35)7-10-31)16-36-26(37-29)19-8-11-32-24(30)13-19/h6,8-9,11,13-14,17-18,22,25-26,34H,4-5,7,12,15-16H2,1-3H3/t17-,18-,22?,25+,26?,27?,28?,29-/m0/s1. The Bertz CT molecular complexity index is 1220. The van der Waals surface area contributed by atoms with Crippen LogP contribution >= 0.6 is 0 Å². The van der Waals surface area contributed by atoms with E-state index in [-0.39, 0.29) is 43.0 Å². The molecule has 3 aliphatic carbocycles. The molecule has 0 radical (unpaired) electrons. The SMILES string of the molecule is C[C@H]1C[C@@H]2CCC3=CC(=O)C=CC3(C)[C@H]2C(O)CC1(C)[C@@]1(C(=O)CC#N)COC(c2ccnc(F)c2)O1. The minimum absolute atomic E-state index is 0.0246. The van der Waals surface area contributed by atoms with Crippen LogP contribution in [0.3, 0.4) is 0 Å². The van der Waals surface area contributed by atoms with Gasteiger partial charge in [-0.2, -0.15) is 9.65 Å². The number of hydrogen-bond acceptors (Lipinski definition) is 7. The van der Waals surface area contributed by atoms with Crippen molar-refractivity contribution in [3.8, 4) is 6.07 Å². The molecule has 3 fully saturated rings. The molecule has 37 heavy (non-hydrogen) atoms. The van der Waals surface area contributed by atoms with Crippen molar-refractivity contribution < 1.29 is 28.6 Å². The summed E-state index contributed by atoms with van der Waals surface area (Å²) in [5.41, 5.74) is -1.36. The topological polar surface area (TPSA) is 110 Å². The summed E-state index contributed by atoms with van der Waals surface area (Å²) in [6.07, 6.45) is 7.08. The normalized spacial score (nSPS) is 41.2. The molecule has 1 aromatic rings. The van der Waals surface area contributed by atoms with Crippen LogP contribution in [0.2, 0.25) is 0 Å². The van der Waals surface area contributed by atoms with Gasteiger partial charge in [-0.05, 0) is 55.7 Å². The fourth-order valence-corrected chi connectivity index (χ4v) is 7.58. The Labute approximate surface area is 216 Å².